The minimum Gasteiger partial charge on any atom is -0.507 e. The van der Waals surface area contributed by atoms with E-state index in [-0.39, 0.29) is 74.0 Å². The van der Waals surface area contributed by atoms with Crippen LogP contribution in [0, 0.1) is 50.6 Å². The zero-order valence-corrected chi connectivity index (χ0v) is 70.9. The first-order valence-electron chi connectivity index (χ1n) is 38.3. The van der Waals surface area contributed by atoms with Crippen LogP contribution in [0.25, 0.3) is 0 Å². The van der Waals surface area contributed by atoms with Crippen molar-refractivity contribution in [1.82, 2.24) is 5.01 Å². The summed E-state index contributed by atoms with van der Waals surface area (Å²) < 4.78 is 44.6. The smallest absolute Gasteiger partial charge is 0.340 e. The number of carboxylic acid groups (broad SMARTS) is 3. The molecule has 668 valence electrons. The number of aromatic hydroxyl groups is 2. The number of benzene rings is 11. The van der Waals surface area contributed by atoms with E-state index in [1.54, 1.807) is 19.2 Å². The lowest BCUT2D eigenvalue weighted by Gasteiger charge is -2.39. The van der Waals surface area contributed by atoms with Crippen LogP contribution in [-0.2, 0) is 9.47 Å². The van der Waals surface area contributed by atoms with Crippen LogP contribution in [0.2, 0.25) is 0 Å². The van der Waals surface area contributed by atoms with Gasteiger partial charge in [0.2, 0.25) is 17.8 Å². The summed E-state index contributed by atoms with van der Waals surface area (Å²) in [6.07, 6.45) is -0.306. The lowest BCUT2D eigenvalue weighted by Crippen LogP contribution is -2.35. The number of non-ortho nitro benzene ring substituents is 3. The average Bonchev–Trinajstić information content (AvgIpc) is 1.54. The van der Waals surface area contributed by atoms with Gasteiger partial charge in [0, 0.05) is 140 Å². The van der Waals surface area contributed by atoms with Gasteiger partial charge in [0.15, 0.2) is 53.4 Å². The van der Waals surface area contributed by atoms with Crippen LogP contribution >= 0.6 is 15.9 Å². The summed E-state index contributed by atoms with van der Waals surface area (Å²) >= 11 is 3.27. The Morgan fingerprint density at radius 3 is 1.54 bits per heavy atom. The van der Waals surface area contributed by atoms with Crippen molar-refractivity contribution < 1.29 is 122 Å². The number of phenolic OH excluding ortho intramolecular Hbond substituents is 1. The van der Waals surface area contributed by atoms with E-state index >= 15 is 0 Å². The number of ketones is 2. The first-order valence-corrected chi connectivity index (χ1v) is 39.1. The van der Waals surface area contributed by atoms with Crippen LogP contribution in [0.5, 0.6) is 46.0 Å². The molecule has 11 aromatic carbocycles. The fourth-order valence-corrected chi connectivity index (χ4v) is 14.1. The minimum absolute atomic E-state index is 0.000952. The number of hydrogen-bond acceptors (Lipinski definition) is 32. The Morgan fingerprint density at radius 1 is 0.523 bits per heavy atom. The Bertz CT molecular complexity index is 6160. The molecule has 0 radical (unpaired) electrons. The number of para-hydroxylation sites is 1. The van der Waals surface area contributed by atoms with Crippen LogP contribution in [0.15, 0.2) is 222 Å². The molecule has 0 saturated carbocycles. The predicted octanol–water partition coefficient (Wildman–Crippen LogP) is 15.7. The predicted molar refractivity (Wildman–Crippen MR) is 468 cm³/mol. The number of rotatable bonds is 28. The molecule has 0 fully saturated rings. The third kappa shape index (κ3) is 21.6. The van der Waals surface area contributed by atoms with Crippen molar-refractivity contribution in [2.24, 2.45) is 5.10 Å². The summed E-state index contributed by atoms with van der Waals surface area (Å²) in [6.45, 7) is -0.380. The number of Topliss-reactive ketones (excluding diaryl/α,β-unsaturated/α-hetero) is 2. The Hall–Kier alpha value is -17.1. The average molecular weight is 1840 g/mol. The molecule has 40 nitrogen and oxygen atoms in total. The van der Waals surface area contributed by atoms with Crippen LogP contribution in [-0.4, -0.2) is 178 Å². The number of nitro benzene ring substituents is 5. The molecule has 0 aliphatic carbocycles. The number of methoxy groups -OCH3 is 3. The van der Waals surface area contributed by atoms with E-state index in [1.807, 2.05) is 128 Å². The summed E-state index contributed by atoms with van der Waals surface area (Å²) in [6, 6.07) is 52.6. The van der Waals surface area contributed by atoms with Gasteiger partial charge in [0.25, 0.3) is 17.1 Å². The van der Waals surface area contributed by atoms with Crippen LogP contribution in [0.4, 0.5) is 51.2 Å². The second kappa shape index (κ2) is 41.1. The molecule has 3 aliphatic rings. The van der Waals surface area contributed by atoms with Crippen molar-refractivity contribution in [3.05, 3.63) is 340 Å². The summed E-state index contributed by atoms with van der Waals surface area (Å²) in [5.41, 5.74) is 2.80. The third-order valence-corrected chi connectivity index (χ3v) is 20.6. The highest BCUT2D eigenvalue weighted by molar-refractivity contribution is 9.10. The van der Waals surface area contributed by atoms with E-state index in [2.05, 4.69) is 21.2 Å². The van der Waals surface area contributed by atoms with Gasteiger partial charge in [-0.1, -0.05) is 66.7 Å². The van der Waals surface area contributed by atoms with Gasteiger partial charge >= 0.3 is 41.2 Å². The van der Waals surface area contributed by atoms with Crippen LogP contribution in [0.3, 0.4) is 0 Å². The molecule has 2 atom stereocenters. The van der Waals surface area contributed by atoms with Gasteiger partial charge in [-0.3, -0.25) is 60.2 Å². The second-order valence-corrected chi connectivity index (χ2v) is 29.4. The number of ether oxygens (including phenoxy) is 8. The topological polar surface area (TPSA) is 544 Å². The Kier molecular flexibility index (Phi) is 29.6. The van der Waals surface area contributed by atoms with Gasteiger partial charge in [-0.2, -0.15) is 5.10 Å². The van der Waals surface area contributed by atoms with Gasteiger partial charge in [0.05, 0.1) is 78.9 Å². The molecule has 3 heterocycles. The highest BCUT2D eigenvalue weighted by atomic mass is 79.9. The minimum atomic E-state index is -1.60. The maximum atomic E-state index is 12.5. The summed E-state index contributed by atoms with van der Waals surface area (Å²) in [5.74, 6) is -5.51. The van der Waals surface area contributed by atoms with Gasteiger partial charge < -0.3 is 78.5 Å². The van der Waals surface area contributed by atoms with E-state index in [9.17, 15) is 99.5 Å². The number of carbonyl (C=O) groups excluding carboxylic acids is 4. The third-order valence-electron chi connectivity index (χ3n) is 20.0. The van der Waals surface area contributed by atoms with Crippen LogP contribution in [0.1, 0.15) is 130 Å². The molecule has 0 spiro atoms. The monoisotopic (exact) mass is 1840 g/mol. The largest absolute Gasteiger partial charge is 0.507 e. The van der Waals surface area contributed by atoms with Crippen molar-refractivity contribution in [3.63, 3.8) is 0 Å². The molecular weight excluding hydrogens is 1770 g/mol. The van der Waals surface area contributed by atoms with E-state index < -0.39 is 119 Å². The SMILES string of the molecule is CN(C)c1ccc(C(c2ccc(N(C)C)cc2)c2cc([N+](=O)[O-])cc(Br)c2O)cc1.COc1cccc2c1OC(c1ccc(OC)c(OC)c1C(=O)O)N1N=C(c3ccc4c(c3)OCCO4)CC21.O=C(COC(=O)c1cccc(C(=O)OCC(=O)c2cccc([N+](=O)[O-])c2)c1)c1cccc([N+](=O)[O-])c1.O=C(O)c1cc([N+](=O)[O-])c(Nc2ccc(O)c(C(=O)O)c2)c([N+](=O)[O-])c1. The highest BCUT2D eigenvalue weighted by Gasteiger charge is 2.45. The fourth-order valence-electron chi connectivity index (χ4n) is 13.7. The number of phenols is 2. The lowest BCUT2D eigenvalue weighted by atomic mass is 9.84. The number of hydrazone groups is 1. The number of aromatic carboxylic acids is 3. The second-order valence-electron chi connectivity index (χ2n) is 28.5. The van der Waals surface area contributed by atoms with Gasteiger partial charge in [-0.15, -0.1) is 0 Å². The summed E-state index contributed by atoms with van der Waals surface area (Å²) in [4.78, 5) is 139. The molecule has 0 aromatic heterocycles. The van der Waals surface area contributed by atoms with Crippen molar-refractivity contribution in [1.29, 1.82) is 0 Å². The zero-order chi connectivity index (χ0) is 94.2. The van der Waals surface area contributed by atoms with Crippen molar-refractivity contribution >= 4 is 114 Å². The number of nitro groups is 5. The molecule has 3 aliphatic heterocycles. The first kappa shape index (κ1) is 93.6. The maximum Gasteiger partial charge on any atom is 0.340 e. The summed E-state index contributed by atoms with van der Waals surface area (Å²) in [5, 5.41) is 113. The molecule has 11 aromatic rings. The molecule has 130 heavy (non-hydrogen) atoms. The molecule has 0 amide bonds. The number of nitrogens with zero attached hydrogens (tertiary/aromatic N) is 9. The number of esters is 2. The molecule has 2 unspecified atom stereocenters. The number of hydrogen-bond donors (Lipinski definition) is 6. The first-order chi connectivity index (χ1) is 62.0. The van der Waals surface area contributed by atoms with Gasteiger partial charge in [0.1, 0.15) is 35.8 Å². The van der Waals surface area contributed by atoms with Gasteiger partial charge in [-0.05, 0) is 124 Å². The zero-order valence-electron chi connectivity index (χ0n) is 69.3. The Balaban J connectivity index is 0.000000169. The molecule has 6 N–H and O–H groups in total. The molecule has 0 bridgehead atoms. The van der Waals surface area contributed by atoms with E-state index in [0.717, 1.165) is 75.7 Å². The van der Waals surface area contributed by atoms with Gasteiger partial charge in [-0.25, -0.2) is 29.0 Å². The highest BCUT2D eigenvalue weighted by Crippen LogP contribution is 2.53. The quantitative estimate of drug-likeness (QED) is 0.00662. The molecule has 0 saturated heterocycles. The number of fused-ring (bicyclic) bond motifs is 4. The fraction of sp³-hybridized carbons (Fsp3) is 0.169. The molecular formula is C89H75BrN10O30. The number of carboxylic acids is 3. The lowest BCUT2D eigenvalue weighted by molar-refractivity contribution is -0.392. The normalized spacial score (nSPS) is 12.9. The Morgan fingerprint density at radius 2 is 1.05 bits per heavy atom. The number of halogens is 1. The Labute approximate surface area is 743 Å². The van der Waals surface area contributed by atoms with Crippen molar-refractivity contribution in [2.45, 2.75) is 24.6 Å². The standard InChI is InChI=1S/C28H26N2O8.C24H16N2O10.C23H24BrN3O3.C14H9N3O9/c1-33-21-6-4-5-16-19-14-18(15-7-9-20-23(13-15)37-12-11-36-20)29-30(19)27(38-25(16)21)17-8-10-22(34-2)26(35-3)24(17)28(31)32;27-21(15-4-2-8-19(11-15)25(31)32)13-35-23(29)17-6-1-7-18(10-17)24(30)36-14-22(28)16-5-3-9-20(12-16)26(33)34;1-25(2)17-9-5-15(6-10-17)22(16-7-11-18(12-8-16)26(3)4)20-13-19(27(29)30)14-21(24)23(20)28;18-11-2-1-7(5-8(11)14(21)22)15-12-9(16(23)24)3-6(13(19)20)4-10(12)17(25)26/h4-10,13,19,27H,11-12,14H2,1-3H3,(H,31,32);1-12H,13-14H2;5-14,22,28H,1-4H3;1-5,15,18H,(H,19,20)(H,21,22). The van der Waals surface area contributed by atoms with E-state index in [0.29, 0.717) is 76.1 Å². The molecule has 41 heteroatoms. The molecule has 14 rings (SSSR count). The maximum absolute atomic E-state index is 12.5. The number of anilines is 4. The number of nitrogens with one attached hydrogen (secondary N) is 1. The van der Waals surface area contributed by atoms with E-state index in [4.69, 9.17) is 53.2 Å². The van der Waals surface area contributed by atoms with Crippen molar-refractivity contribution in [2.75, 3.05) is 91.1 Å². The van der Waals surface area contributed by atoms with E-state index in [1.165, 1.54) is 80.9 Å². The number of carbonyl (C=O) groups is 7. The van der Waals surface area contributed by atoms with Crippen LogP contribution < -0.4 is 43.5 Å². The van der Waals surface area contributed by atoms with Crippen molar-refractivity contribution in [3.8, 4) is 46.0 Å². The summed E-state index contributed by atoms with van der Waals surface area (Å²) in [7, 11) is 12.3.